The maximum Gasteiger partial charge on any atom is 0.0189 e. The lowest BCUT2D eigenvalue weighted by Gasteiger charge is -2.25. The highest BCUT2D eigenvalue weighted by atomic mass is 15.1. The molecule has 0 aliphatic rings. The molecule has 12 heavy (non-hydrogen) atoms. The second-order valence-electron chi connectivity index (χ2n) is 4.07. The molecule has 0 aromatic rings. The first kappa shape index (κ1) is 11.9. The molecule has 0 rings (SSSR count). The van der Waals surface area contributed by atoms with Crippen molar-refractivity contribution >= 4 is 0 Å². The minimum atomic E-state index is 0.647. The van der Waals surface area contributed by atoms with E-state index in [9.17, 15) is 0 Å². The van der Waals surface area contributed by atoms with Crippen molar-refractivity contribution in [2.45, 2.75) is 33.2 Å². The predicted molar refractivity (Wildman–Crippen MR) is 55.5 cm³/mol. The molecule has 74 valence electrons. The summed E-state index contributed by atoms with van der Waals surface area (Å²) in [6, 6.07) is 0.647. The van der Waals surface area contributed by atoms with Crippen LogP contribution in [0.2, 0.25) is 0 Å². The zero-order valence-electron chi connectivity index (χ0n) is 9.22. The van der Waals surface area contributed by atoms with Gasteiger partial charge in [-0.15, -0.1) is 0 Å². The summed E-state index contributed by atoms with van der Waals surface area (Å²) < 4.78 is 0. The van der Waals surface area contributed by atoms with Gasteiger partial charge in [0.15, 0.2) is 0 Å². The standard InChI is InChI=1S/C10H24N2/c1-9(2)6-7-12(5)10(3)8-11-4/h9-11H,6-8H2,1-5H3. The molecular weight excluding hydrogens is 148 g/mol. The molecular formula is C10H24N2. The second-order valence-corrected chi connectivity index (χ2v) is 4.07. The highest BCUT2D eigenvalue weighted by Crippen LogP contribution is 2.02. The van der Waals surface area contributed by atoms with E-state index in [4.69, 9.17) is 0 Å². The first-order valence-electron chi connectivity index (χ1n) is 4.92. The maximum atomic E-state index is 3.19. The Morgan fingerprint density at radius 3 is 2.25 bits per heavy atom. The molecule has 0 aromatic carbocycles. The third-order valence-corrected chi connectivity index (χ3v) is 2.31. The van der Waals surface area contributed by atoms with E-state index in [1.54, 1.807) is 0 Å². The number of hydrogen-bond donors (Lipinski definition) is 1. The van der Waals surface area contributed by atoms with Crippen LogP contribution in [0.3, 0.4) is 0 Å². The van der Waals surface area contributed by atoms with Crippen LogP contribution in [-0.2, 0) is 0 Å². The van der Waals surface area contributed by atoms with E-state index in [0.29, 0.717) is 6.04 Å². The van der Waals surface area contributed by atoms with Crippen LogP contribution < -0.4 is 5.32 Å². The monoisotopic (exact) mass is 172 g/mol. The van der Waals surface area contributed by atoms with Crippen molar-refractivity contribution in [3.8, 4) is 0 Å². The maximum absolute atomic E-state index is 3.19. The number of hydrogen-bond acceptors (Lipinski definition) is 2. The van der Waals surface area contributed by atoms with Crippen LogP contribution in [-0.4, -0.2) is 38.1 Å². The second kappa shape index (κ2) is 6.44. The molecule has 1 N–H and O–H groups in total. The zero-order chi connectivity index (χ0) is 9.56. The van der Waals surface area contributed by atoms with Gasteiger partial charge in [0.2, 0.25) is 0 Å². The van der Waals surface area contributed by atoms with Crippen LogP contribution in [0, 0.1) is 5.92 Å². The van der Waals surface area contributed by atoms with Crippen molar-refractivity contribution in [2.75, 3.05) is 27.2 Å². The molecule has 0 aliphatic carbocycles. The fourth-order valence-corrected chi connectivity index (χ4v) is 1.13. The van der Waals surface area contributed by atoms with Gasteiger partial charge in [-0.25, -0.2) is 0 Å². The minimum absolute atomic E-state index is 0.647. The van der Waals surface area contributed by atoms with Gasteiger partial charge in [0.1, 0.15) is 0 Å². The Kier molecular flexibility index (Phi) is 6.39. The van der Waals surface area contributed by atoms with Gasteiger partial charge >= 0.3 is 0 Å². The average Bonchev–Trinajstić information content (AvgIpc) is 2.00. The average molecular weight is 172 g/mol. The van der Waals surface area contributed by atoms with Gasteiger partial charge < -0.3 is 10.2 Å². The lowest BCUT2D eigenvalue weighted by atomic mass is 10.1. The van der Waals surface area contributed by atoms with E-state index in [2.05, 4.69) is 38.0 Å². The van der Waals surface area contributed by atoms with E-state index in [-0.39, 0.29) is 0 Å². The first-order chi connectivity index (χ1) is 5.57. The Balaban J connectivity index is 3.49. The number of nitrogens with zero attached hydrogens (tertiary/aromatic N) is 1. The molecule has 2 nitrogen and oxygen atoms in total. The molecule has 0 amide bonds. The van der Waals surface area contributed by atoms with Crippen molar-refractivity contribution in [3.05, 3.63) is 0 Å². The molecule has 0 heterocycles. The lowest BCUT2D eigenvalue weighted by Crippen LogP contribution is -2.37. The lowest BCUT2D eigenvalue weighted by molar-refractivity contribution is 0.240. The van der Waals surface area contributed by atoms with Gasteiger partial charge in [-0.3, -0.25) is 0 Å². The fraction of sp³-hybridized carbons (Fsp3) is 1.00. The van der Waals surface area contributed by atoms with Crippen molar-refractivity contribution in [2.24, 2.45) is 5.92 Å². The largest absolute Gasteiger partial charge is 0.318 e. The number of likely N-dealkylation sites (N-methyl/N-ethyl adjacent to an activating group) is 2. The van der Waals surface area contributed by atoms with Gasteiger partial charge in [0.05, 0.1) is 0 Å². The van der Waals surface area contributed by atoms with Crippen molar-refractivity contribution in [1.82, 2.24) is 10.2 Å². The molecule has 0 saturated carbocycles. The normalized spacial score (nSPS) is 14.2. The van der Waals surface area contributed by atoms with E-state index in [0.717, 1.165) is 12.5 Å². The summed E-state index contributed by atoms with van der Waals surface area (Å²) >= 11 is 0. The molecule has 0 aromatic heterocycles. The van der Waals surface area contributed by atoms with E-state index in [1.807, 2.05) is 7.05 Å². The van der Waals surface area contributed by atoms with Crippen LogP contribution in [0.4, 0.5) is 0 Å². The molecule has 0 spiro atoms. The van der Waals surface area contributed by atoms with Crippen LogP contribution in [0.1, 0.15) is 27.2 Å². The van der Waals surface area contributed by atoms with E-state index < -0.39 is 0 Å². The molecule has 0 fully saturated rings. The SMILES string of the molecule is CNCC(C)N(C)CCC(C)C. The van der Waals surface area contributed by atoms with Crippen molar-refractivity contribution in [3.63, 3.8) is 0 Å². The van der Waals surface area contributed by atoms with Crippen LogP contribution >= 0.6 is 0 Å². The van der Waals surface area contributed by atoms with Crippen molar-refractivity contribution in [1.29, 1.82) is 0 Å². The highest BCUT2D eigenvalue weighted by Gasteiger charge is 2.07. The third-order valence-electron chi connectivity index (χ3n) is 2.31. The topological polar surface area (TPSA) is 15.3 Å². The van der Waals surface area contributed by atoms with Gasteiger partial charge in [-0.1, -0.05) is 13.8 Å². The molecule has 0 aliphatic heterocycles. The Morgan fingerprint density at radius 2 is 1.83 bits per heavy atom. The smallest absolute Gasteiger partial charge is 0.0189 e. The van der Waals surface area contributed by atoms with Crippen molar-refractivity contribution < 1.29 is 0 Å². The summed E-state index contributed by atoms with van der Waals surface area (Å²) in [7, 11) is 4.21. The van der Waals surface area contributed by atoms with Gasteiger partial charge in [0, 0.05) is 12.6 Å². The summed E-state index contributed by atoms with van der Waals surface area (Å²) in [4.78, 5) is 2.41. The highest BCUT2D eigenvalue weighted by molar-refractivity contribution is 4.65. The predicted octanol–water partition coefficient (Wildman–Crippen LogP) is 1.57. The zero-order valence-corrected chi connectivity index (χ0v) is 9.22. The fourth-order valence-electron chi connectivity index (χ4n) is 1.13. The van der Waals surface area contributed by atoms with Gasteiger partial charge in [0.25, 0.3) is 0 Å². The molecule has 1 atom stereocenters. The number of nitrogens with one attached hydrogen (secondary N) is 1. The van der Waals surface area contributed by atoms with Crippen LogP contribution in [0.15, 0.2) is 0 Å². The van der Waals surface area contributed by atoms with Crippen LogP contribution in [0.5, 0.6) is 0 Å². The molecule has 0 saturated heterocycles. The quantitative estimate of drug-likeness (QED) is 0.654. The van der Waals surface area contributed by atoms with Gasteiger partial charge in [-0.05, 0) is 39.9 Å². The Bertz CT molecular complexity index is 102. The first-order valence-corrected chi connectivity index (χ1v) is 4.92. The molecule has 2 heteroatoms. The summed E-state index contributed by atoms with van der Waals surface area (Å²) in [6.07, 6.45) is 1.30. The van der Waals surface area contributed by atoms with E-state index in [1.165, 1.54) is 13.0 Å². The molecule has 0 bridgehead atoms. The summed E-state index contributed by atoms with van der Waals surface area (Å²) in [5.41, 5.74) is 0. The number of rotatable bonds is 6. The summed E-state index contributed by atoms with van der Waals surface area (Å²) in [5.74, 6) is 0.814. The van der Waals surface area contributed by atoms with E-state index >= 15 is 0 Å². The minimum Gasteiger partial charge on any atom is -0.318 e. The van der Waals surface area contributed by atoms with Gasteiger partial charge in [-0.2, -0.15) is 0 Å². The van der Waals surface area contributed by atoms with Crippen LogP contribution in [0.25, 0.3) is 0 Å². The Hall–Kier alpha value is -0.0800. The Labute approximate surface area is 77.3 Å². The summed E-state index contributed by atoms with van der Waals surface area (Å²) in [6.45, 7) is 9.10. The Morgan fingerprint density at radius 1 is 1.25 bits per heavy atom. The summed E-state index contributed by atoms with van der Waals surface area (Å²) in [5, 5.41) is 3.19. The molecule has 0 radical (unpaired) electrons. The molecule has 1 unspecified atom stereocenters. The third kappa shape index (κ3) is 5.56.